The summed E-state index contributed by atoms with van der Waals surface area (Å²) in [6, 6.07) is 0. The van der Waals surface area contributed by atoms with E-state index in [1.54, 1.807) is 0 Å². The first-order valence-electron chi connectivity index (χ1n) is 6.28. The summed E-state index contributed by atoms with van der Waals surface area (Å²) in [6.45, 7) is 6.57. The molecule has 0 saturated carbocycles. The lowest BCUT2D eigenvalue weighted by Gasteiger charge is -2.34. The van der Waals surface area contributed by atoms with E-state index in [1.807, 2.05) is 0 Å². The van der Waals surface area contributed by atoms with E-state index in [1.165, 1.54) is 0 Å². The zero-order valence-corrected chi connectivity index (χ0v) is 10.5. The van der Waals surface area contributed by atoms with Gasteiger partial charge in [-0.15, -0.1) is 0 Å². The van der Waals surface area contributed by atoms with E-state index in [0.717, 1.165) is 13.0 Å². The van der Waals surface area contributed by atoms with Crippen molar-refractivity contribution in [2.45, 2.75) is 45.4 Å². The van der Waals surface area contributed by atoms with Crippen molar-refractivity contribution in [2.24, 2.45) is 11.8 Å². The predicted molar refractivity (Wildman–Crippen MR) is 60.7 cm³/mol. The summed E-state index contributed by atoms with van der Waals surface area (Å²) in [5.74, 6) is -0.00112. The number of aliphatic hydroxyl groups is 1. The lowest BCUT2D eigenvalue weighted by atomic mass is 9.90. The average Bonchev–Trinajstić information content (AvgIpc) is 2.25. The number of rotatable bonds is 4. The van der Waals surface area contributed by atoms with Crippen molar-refractivity contribution >= 4 is 0 Å². The van der Waals surface area contributed by atoms with Gasteiger partial charge in [-0.2, -0.15) is 13.2 Å². The van der Waals surface area contributed by atoms with Crippen LogP contribution in [0.15, 0.2) is 0 Å². The molecule has 1 unspecified atom stereocenters. The summed E-state index contributed by atoms with van der Waals surface area (Å²) in [5.41, 5.74) is 0. The van der Waals surface area contributed by atoms with Crippen molar-refractivity contribution in [3.05, 3.63) is 0 Å². The first-order chi connectivity index (χ1) is 7.80. The van der Waals surface area contributed by atoms with Crippen LogP contribution in [-0.4, -0.2) is 41.9 Å². The molecule has 0 bridgehead atoms. The Morgan fingerprint density at radius 1 is 1.24 bits per heavy atom. The van der Waals surface area contributed by atoms with Crippen LogP contribution < -0.4 is 0 Å². The van der Waals surface area contributed by atoms with Gasteiger partial charge in [0.1, 0.15) is 0 Å². The number of likely N-dealkylation sites (tertiary alicyclic amines) is 1. The number of alkyl halides is 3. The van der Waals surface area contributed by atoms with E-state index in [-0.39, 0.29) is 0 Å². The summed E-state index contributed by atoms with van der Waals surface area (Å²) in [4.78, 5) is 2.19. The van der Waals surface area contributed by atoms with Gasteiger partial charge in [-0.25, -0.2) is 0 Å². The van der Waals surface area contributed by atoms with Gasteiger partial charge in [0.25, 0.3) is 0 Å². The van der Waals surface area contributed by atoms with E-state index in [0.29, 0.717) is 31.8 Å². The Balaban J connectivity index is 2.31. The van der Waals surface area contributed by atoms with E-state index >= 15 is 0 Å². The molecule has 2 nitrogen and oxygen atoms in total. The van der Waals surface area contributed by atoms with E-state index in [2.05, 4.69) is 18.7 Å². The van der Waals surface area contributed by atoms with Crippen LogP contribution in [-0.2, 0) is 0 Å². The van der Waals surface area contributed by atoms with Crippen LogP contribution in [0.4, 0.5) is 13.2 Å². The Bertz CT molecular complexity index is 222. The number of nitrogens with zero attached hydrogens (tertiary/aromatic N) is 1. The highest BCUT2D eigenvalue weighted by Crippen LogP contribution is 2.31. The van der Waals surface area contributed by atoms with Crippen LogP contribution in [0.25, 0.3) is 0 Å². The van der Waals surface area contributed by atoms with Crippen LogP contribution in [0, 0.1) is 11.8 Å². The predicted octanol–water partition coefficient (Wildman–Crippen LogP) is 2.67. The highest BCUT2D eigenvalue weighted by molar-refractivity contribution is 4.81. The molecule has 1 N–H and O–H groups in total. The van der Waals surface area contributed by atoms with Crippen molar-refractivity contribution in [3.63, 3.8) is 0 Å². The molecule has 0 aliphatic carbocycles. The molecule has 0 aromatic rings. The van der Waals surface area contributed by atoms with Crippen LogP contribution >= 0.6 is 0 Å². The van der Waals surface area contributed by atoms with Crippen molar-refractivity contribution in [2.75, 3.05) is 19.6 Å². The molecule has 17 heavy (non-hydrogen) atoms. The fraction of sp³-hybridized carbons (Fsp3) is 1.00. The van der Waals surface area contributed by atoms with E-state index in [9.17, 15) is 18.3 Å². The zero-order chi connectivity index (χ0) is 13.1. The molecule has 1 rings (SSSR count). The second-order valence-electron chi connectivity index (χ2n) is 5.35. The van der Waals surface area contributed by atoms with Crippen LogP contribution in [0.2, 0.25) is 0 Å². The summed E-state index contributed by atoms with van der Waals surface area (Å²) >= 11 is 0. The molecular formula is C12H22F3NO. The number of halogens is 3. The minimum atomic E-state index is -4.47. The van der Waals surface area contributed by atoms with Gasteiger partial charge in [0.2, 0.25) is 0 Å². The second-order valence-corrected chi connectivity index (χ2v) is 5.35. The number of piperidine rings is 1. The SMILES string of the molecule is CC(C)CCN1CCC(C(O)C(F)(F)F)CC1. The normalized spacial score (nSPS) is 22.1. The maximum Gasteiger partial charge on any atom is 0.414 e. The van der Waals surface area contributed by atoms with Gasteiger partial charge < -0.3 is 10.0 Å². The van der Waals surface area contributed by atoms with E-state index in [4.69, 9.17) is 0 Å². The molecule has 1 heterocycles. The largest absolute Gasteiger partial charge is 0.414 e. The van der Waals surface area contributed by atoms with Gasteiger partial charge in [-0.05, 0) is 50.7 Å². The molecule has 102 valence electrons. The summed E-state index contributed by atoms with van der Waals surface area (Å²) in [7, 11) is 0. The lowest BCUT2D eigenvalue weighted by molar-refractivity contribution is -0.223. The van der Waals surface area contributed by atoms with Crippen molar-refractivity contribution in [1.29, 1.82) is 0 Å². The van der Waals surface area contributed by atoms with Gasteiger partial charge in [0.15, 0.2) is 6.10 Å². The molecule has 5 heteroatoms. The molecule has 1 atom stereocenters. The zero-order valence-electron chi connectivity index (χ0n) is 10.5. The fourth-order valence-electron chi connectivity index (χ4n) is 2.20. The Morgan fingerprint density at radius 3 is 2.18 bits per heavy atom. The van der Waals surface area contributed by atoms with Crippen molar-refractivity contribution in [3.8, 4) is 0 Å². The molecule has 0 amide bonds. The van der Waals surface area contributed by atoms with Crippen LogP contribution in [0.5, 0.6) is 0 Å². The molecule has 1 fully saturated rings. The Labute approximate surface area is 101 Å². The smallest absolute Gasteiger partial charge is 0.383 e. The molecule has 0 spiro atoms. The molecule has 0 radical (unpaired) electrons. The number of hydrogen-bond acceptors (Lipinski definition) is 2. The third-order valence-electron chi connectivity index (χ3n) is 3.44. The highest BCUT2D eigenvalue weighted by atomic mass is 19.4. The molecule has 1 saturated heterocycles. The quantitative estimate of drug-likeness (QED) is 0.832. The Hall–Kier alpha value is -0.290. The molecule has 1 aliphatic heterocycles. The average molecular weight is 253 g/mol. The molecule has 0 aromatic carbocycles. The topological polar surface area (TPSA) is 23.5 Å². The van der Waals surface area contributed by atoms with E-state index < -0.39 is 18.2 Å². The van der Waals surface area contributed by atoms with Crippen molar-refractivity contribution in [1.82, 2.24) is 4.90 Å². The van der Waals surface area contributed by atoms with Crippen LogP contribution in [0.1, 0.15) is 33.1 Å². The lowest BCUT2D eigenvalue weighted by Crippen LogP contribution is -2.43. The minimum Gasteiger partial charge on any atom is -0.383 e. The molecule has 0 aromatic heterocycles. The third kappa shape index (κ3) is 4.84. The Kier molecular flexibility index (Phi) is 5.25. The summed E-state index contributed by atoms with van der Waals surface area (Å²) in [6.07, 6.45) is -4.65. The highest BCUT2D eigenvalue weighted by Gasteiger charge is 2.43. The molecular weight excluding hydrogens is 231 g/mol. The molecule has 1 aliphatic rings. The maximum atomic E-state index is 12.3. The van der Waals surface area contributed by atoms with Crippen molar-refractivity contribution < 1.29 is 18.3 Å². The fourth-order valence-corrected chi connectivity index (χ4v) is 2.20. The number of aliphatic hydroxyl groups excluding tert-OH is 1. The van der Waals surface area contributed by atoms with Crippen LogP contribution in [0.3, 0.4) is 0 Å². The summed E-state index contributed by atoms with van der Waals surface area (Å²) < 4.78 is 37.0. The maximum absolute atomic E-state index is 12.3. The van der Waals surface area contributed by atoms with Gasteiger partial charge >= 0.3 is 6.18 Å². The third-order valence-corrected chi connectivity index (χ3v) is 3.44. The first kappa shape index (κ1) is 14.8. The Morgan fingerprint density at radius 2 is 1.76 bits per heavy atom. The van der Waals surface area contributed by atoms with Gasteiger partial charge in [-0.3, -0.25) is 0 Å². The second kappa shape index (κ2) is 6.05. The first-order valence-corrected chi connectivity index (χ1v) is 6.28. The minimum absolute atomic E-state index is 0.443. The monoisotopic (exact) mass is 253 g/mol. The summed E-state index contributed by atoms with van der Waals surface area (Å²) in [5, 5.41) is 9.17. The van der Waals surface area contributed by atoms with Gasteiger partial charge in [-0.1, -0.05) is 13.8 Å². The van der Waals surface area contributed by atoms with Gasteiger partial charge in [0, 0.05) is 0 Å². The van der Waals surface area contributed by atoms with Gasteiger partial charge in [0.05, 0.1) is 0 Å². The standard InChI is InChI=1S/C12H22F3NO/c1-9(2)3-6-16-7-4-10(5-8-16)11(17)12(13,14)15/h9-11,17H,3-8H2,1-2H3. The number of hydrogen-bond donors (Lipinski definition) is 1.